The molecule has 0 unspecified atom stereocenters. The van der Waals surface area contributed by atoms with Crippen molar-refractivity contribution in [3.8, 4) is 22.8 Å². The van der Waals surface area contributed by atoms with Crippen LogP contribution in [0.25, 0.3) is 28.0 Å². The molecule has 24 heavy (non-hydrogen) atoms. The van der Waals surface area contributed by atoms with Crippen LogP contribution >= 0.6 is 0 Å². The second-order valence-electron chi connectivity index (χ2n) is 4.95. The zero-order chi connectivity index (χ0) is 16.9. The molecule has 1 N–H and O–H groups in total. The van der Waals surface area contributed by atoms with Gasteiger partial charge in [-0.25, -0.2) is 15.0 Å². The Bertz CT molecular complexity index is 947. The zero-order valence-corrected chi connectivity index (χ0v) is 13.0. The van der Waals surface area contributed by atoms with Crippen LogP contribution < -0.4 is 0 Å². The average Bonchev–Trinajstić information content (AvgIpc) is 3.18. The van der Waals surface area contributed by atoms with Gasteiger partial charge in [-0.05, 0) is 42.5 Å². The summed E-state index contributed by atoms with van der Waals surface area (Å²) in [4.78, 5) is 13.0. The van der Waals surface area contributed by atoms with E-state index in [1.165, 1.54) is 0 Å². The van der Waals surface area contributed by atoms with Gasteiger partial charge in [0, 0.05) is 35.2 Å². The van der Waals surface area contributed by atoms with E-state index < -0.39 is 0 Å². The number of phenols is 1. The molecular weight excluding hydrogens is 300 g/mol. The molecule has 0 atom stereocenters. The Kier molecular flexibility index (Phi) is 4.34. The summed E-state index contributed by atoms with van der Waals surface area (Å²) in [7, 11) is 0. The van der Waals surface area contributed by atoms with E-state index in [9.17, 15) is 5.11 Å². The molecular formula is C19H16N4O. The van der Waals surface area contributed by atoms with E-state index in [0.717, 1.165) is 22.2 Å². The minimum absolute atomic E-state index is 0.231. The lowest BCUT2D eigenvalue weighted by atomic mass is 10.2. The van der Waals surface area contributed by atoms with E-state index in [1.54, 1.807) is 36.8 Å². The topological polar surface area (TPSA) is 63.8 Å². The fraction of sp³-hybridized carbons (Fsp3) is 0. The van der Waals surface area contributed by atoms with Crippen molar-refractivity contribution in [3.05, 3.63) is 80.5 Å². The molecule has 0 saturated heterocycles. The van der Waals surface area contributed by atoms with E-state index >= 15 is 0 Å². The average molecular weight is 316 g/mol. The zero-order valence-electron chi connectivity index (χ0n) is 13.0. The van der Waals surface area contributed by atoms with Crippen molar-refractivity contribution >= 4 is 10.9 Å². The Hall–Kier alpha value is -3.47. The Morgan fingerprint density at radius 2 is 1.79 bits per heavy atom. The Balaban J connectivity index is 0.000000815. The molecule has 0 spiro atoms. The van der Waals surface area contributed by atoms with Gasteiger partial charge in [0.25, 0.3) is 0 Å². The van der Waals surface area contributed by atoms with Crippen molar-refractivity contribution in [2.75, 3.05) is 0 Å². The van der Waals surface area contributed by atoms with Crippen LogP contribution in [-0.4, -0.2) is 24.6 Å². The molecule has 2 heterocycles. The monoisotopic (exact) mass is 316 g/mol. The van der Waals surface area contributed by atoms with Gasteiger partial charge in [-0.3, -0.25) is 0 Å². The highest BCUT2D eigenvalue weighted by Gasteiger charge is 2.05. The third-order valence-electron chi connectivity index (χ3n) is 3.49. The standard InChI is InChI=1S/C17H12N4O.C2H4/c22-15-4-1-12(2-5-15)17-19-10-13-9-14(3-6-16(13)20-17)21-8-7-18-11-21;1-2/h1-11,22H;1-2H2. The number of aromatic nitrogens is 4. The molecule has 0 aliphatic rings. The van der Waals surface area contributed by atoms with Gasteiger partial charge >= 0.3 is 0 Å². The third-order valence-corrected chi connectivity index (χ3v) is 3.49. The van der Waals surface area contributed by atoms with Gasteiger partial charge < -0.3 is 9.67 Å². The highest BCUT2D eigenvalue weighted by atomic mass is 16.3. The maximum Gasteiger partial charge on any atom is 0.159 e. The molecule has 2 aromatic heterocycles. The molecule has 118 valence electrons. The van der Waals surface area contributed by atoms with Gasteiger partial charge in [-0.2, -0.15) is 0 Å². The van der Waals surface area contributed by atoms with Gasteiger partial charge in [0.1, 0.15) is 5.75 Å². The quantitative estimate of drug-likeness (QED) is 0.568. The van der Waals surface area contributed by atoms with E-state index in [1.807, 2.05) is 35.2 Å². The first-order valence-corrected chi connectivity index (χ1v) is 7.34. The lowest BCUT2D eigenvalue weighted by Crippen LogP contribution is -1.93. The van der Waals surface area contributed by atoms with Crippen molar-refractivity contribution in [1.29, 1.82) is 0 Å². The Labute approximate surface area is 139 Å². The number of fused-ring (bicyclic) bond motifs is 1. The molecule has 0 bridgehead atoms. The van der Waals surface area contributed by atoms with Gasteiger partial charge in [0.05, 0.1) is 11.8 Å². The molecule has 5 nitrogen and oxygen atoms in total. The summed E-state index contributed by atoms with van der Waals surface area (Å²) in [5, 5.41) is 10.3. The molecule has 0 saturated carbocycles. The van der Waals surface area contributed by atoms with Crippen LogP contribution in [0.15, 0.2) is 80.5 Å². The fourth-order valence-corrected chi connectivity index (χ4v) is 2.34. The number of nitrogens with zero attached hydrogens (tertiary/aromatic N) is 4. The van der Waals surface area contributed by atoms with E-state index in [-0.39, 0.29) is 5.75 Å². The van der Waals surface area contributed by atoms with Crippen molar-refractivity contribution in [2.45, 2.75) is 0 Å². The van der Waals surface area contributed by atoms with Crippen LogP contribution in [0.5, 0.6) is 5.75 Å². The third kappa shape index (κ3) is 3.01. The molecule has 0 aliphatic heterocycles. The number of aromatic hydroxyl groups is 1. The normalized spacial score (nSPS) is 10.2. The van der Waals surface area contributed by atoms with Crippen LogP contribution in [-0.2, 0) is 0 Å². The molecule has 0 amide bonds. The first-order chi connectivity index (χ1) is 11.8. The lowest BCUT2D eigenvalue weighted by Gasteiger charge is -2.06. The SMILES string of the molecule is C=C.Oc1ccc(-c2ncc3cc(-n4ccnc4)ccc3n2)cc1. The van der Waals surface area contributed by atoms with Crippen molar-refractivity contribution < 1.29 is 5.11 Å². The van der Waals surface area contributed by atoms with Crippen LogP contribution in [0.2, 0.25) is 0 Å². The van der Waals surface area contributed by atoms with E-state index in [2.05, 4.69) is 28.1 Å². The molecule has 2 aromatic carbocycles. The molecule has 4 rings (SSSR count). The van der Waals surface area contributed by atoms with Crippen LogP contribution in [0, 0.1) is 0 Å². The minimum atomic E-state index is 0.231. The number of hydrogen-bond acceptors (Lipinski definition) is 4. The summed E-state index contributed by atoms with van der Waals surface area (Å²) in [6.07, 6.45) is 7.21. The summed E-state index contributed by atoms with van der Waals surface area (Å²) in [6.45, 7) is 6.00. The second-order valence-corrected chi connectivity index (χ2v) is 4.95. The largest absolute Gasteiger partial charge is 0.508 e. The van der Waals surface area contributed by atoms with E-state index in [0.29, 0.717) is 5.82 Å². The maximum absolute atomic E-state index is 9.35. The number of phenolic OH excluding ortho intramolecular Hbond substituents is 1. The number of hydrogen-bond donors (Lipinski definition) is 1. The fourth-order valence-electron chi connectivity index (χ4n) is 2.34. The van der Waals surface area contributed by atoms with Gasteiger partial charge in [-0.15, -0.1) is 13.2 Å². The lowest BCUT2D eigenvalue weighted by molar-refractivity contribution is 0.475. The number of imidazole rings is 1. The number of rotatable bonds is 2. The minimum Gasteiger partial charge on any atom is -0.508 e. The molecule has 0 fully saturated rings. The van der Waals surface area contributed by atoms with Crippen LogP contribution in [0.4, 0.5) is 0 Å². The van der Waals surface area contributed by atoms with Gasteiger partial charge in [0.15, 0.2) is 5.82 Å². The Morgan fingerprint density at radius 1 is 1.00 bits per heavy atom. The van der Waals surface area contributed by atoms with Gasteiger partial charge in [0.2, 0.25) is 0 Å². The predicted octanol–water partition coefficient (Wildman–Crippen LogP) is 3.99. The molecule has 4 aromatic rings. The number of benzene rings is 2. The van der Waals surface area contributed by atoms with Crippen molar-refractivity contribution in [1.82, 2.24) is 19.5 Å². The van der Waals surface area contributed by atoms with Crippen molar-refractivity contribution in [3.63, 3.8) is 0 Å². The highest BCUT2D eigenvalue weighted by Crippen LogP contribution is 2.22. The maximum atomic E-state index is 9.35. The van der Waals surface area contributed by atoms with Crippen LogP contribution in [0.1, 0.15) is 0 Å². The summed E-state index contributed by atoms with van der Waals surface area (Å²) in [6, 6.07) is 12.9. The molecule has 5 heteroatoms. The smallest absolute Gasteiger partial charge is 0.159 e. The molecule has 0 radical (unpaired) electrons. The summed E-state index contributed by atoms with van der Waals surface area (Å²) < 4.78 is 1.94. The first kappa shape index (κ1) is 15.4. The first-order valence-electron chi connectivity index (χ1n) is 7.34. The summed E-state index contributed by atoms with van der Waals surface area (Å²) >= 11 is 0. The Morgan fingerprint density at radius 3 is 2.50 bits per heavy atom. The second kappa shape index (κ2) is 6.75. The van der Waals surface area contributed by atoms with Gasteiger partial charge in [-0.1, -0.05) is 0 Å². The highest BCUT2D eigenvalue weighted by molar-refractivity contribution is 5.81. The van der Waals surface area contributed by atoms with Crippen LogP contribution in [0.3, 0.4) is 0 Å². The molecule has 0 aliphatic carbocycles. The summed E-state index contributed by atoms with van der Waals surface area (Å²) in [5.74, 6) is 0.873. The summed E-state index contributed by atoms with van der Waals surface area (Å²) in [5.41, 5.74) is 2.77. The predicted molar refractivity (Wildman–Crippen MR) is 95.0 cm³/mol. The van der Waals surface area contributed by atoms with Crippen molar-refractivity contribution in [2.24, 2.45) is 0 Å². The van der Waals surface area contributed by atoms with E-state index in [4.69, 9.17) is 0 Å².